The summed E-state index contributed by atoms with van der Waals surface area (Å²) >= 11 is 2.65. The molecule has 0 amide bonds. The Morgan fingerprint density at radius 1 is 1.30 bits per heavy atom. The molecule has 0 bridgehead atoms. The van der Waals surface area contributed by atoms with Crippen LogP contribution in [0.15, 0.2) is 24.3 Å². The normalized spacial score (nSPS) is 9.50. The summed E-state index contributed by atoms with van der Waals surface area (Å²) in [6, 6.07) is 8.24. The number of ether oxygens (including phenoxy) is 1. The fourth-order valence-corrected chi connectivity index (χ4v) is 2.36. The third kappa shape index (κ3) is 2.17. The Morgan fingerprint density at radius 2 is 1.90 bits per heavy atom. The summed E-state index contributed by atoms with van der Waals surface area (Å²) in [5.41, 5.74) is 0. The summed E-state index contributed by atoms with van der Waals surface area (Å²) in [7, 11) is 1.69. The minimum absolute atomic E-state index is 0.631. The van der Waals surface area contributed by atoms with Gasteiger partial charge in [-0.2, -0.15) is 0 Å². The first-order chi connectivity index (χ1) is 4.86. The number of rotatable bonds is 2. The molecule has 0 unspecified atom stereocenters. The van der Waals surface area contributed by atoms with Gasteiger partial charge in [0, 0.05) is 0 Å². The average molecular weight is 210 g/mol. The topological polar surface area (TPSA) is 9.23 Å². The van der Waals surface area contributed by atoms with Crippen molar-refractivity contribution in [3.63, 3.8) is 0 Å². The predicted molar refractivity (Wildman–Crippen MR) is 44.1 cm³/mol. The fourth-order valence-electron chi connectivity index (χ4n) is 0.672. The Bertz CT molecular complexity index is 174. The summed E-state index contributed by atoms with van der Waals surface area (Å²) in [6.45, 7) is 0. The molecule has 0 heterocycles. The van der Waals surface area contributed by atoms with Gasteiger partial charge in [-0.3, -0.25) is 0 Å². The molecule has 0 N–H and O–H groups in total. The summed E-state index contributed by atoms with van der Waals surface area (Å²) in [5.74, 6) is 0.941. The van der Waals surface area contributed by atoms with Crippen LogP contribution >= 0.6 is 0 Å². The summed E-state index contributed by atoms with van der Waals surface area (Å²) < 4.78 is 6.45. The molecule has 0 aliphatic heterocycles. The van der Waals surface area contributed by atoms with Gasteiger partial charge in [-0.05, 0) is 0 Å². The molecule has 0 aliphatic carbocycles. The average Bonchev–Trinajstić information content (AvgIpc) is 2.05. The maximum absolute atomic E-state index is 5.02. The molecule has 0 fully saturated rings. The Kier molecular flexibility index (Phi) is 3.56. The van der Waals surface area contributed by atoms with E-state index in [9.17, 15) is 0 Å². The Labute approximate surface area is 77.5 Å². The molecule has 0 atom stereocenters. The van der Waals surface area contributed by atoms with E-state index in [-0.39, 0.29) is 0 Å². The van der Waals surface area contributed by atoms with Crippen LogP contribution < -0.4 is 9.20 Å². The molecular formula is C7H7MgOSe+. The van der Waals surface area contributed by atoms with Gasteiger partial charge < -0.3 is 0 Å². The summed E-state index contributed by atoms with van der Waals surface area (Å²) in [4.78, 5) is 0. The van der Waals surface area contributed by atoms with Gasteiger partial charge in [0.25, 0.3) is 0 Å². The standard InChI is InChI=1S/C7H8OSe.Mg/c1-8-6-2-4-7(9)5-3-6;/h2-5,9H,1H3;/q;+2/p-1. The molecule has 0 radical (unpaired) electrons. The van der Waals surface area contributed by atoms with Crippen molar-refractivity contribution in [3.8, 4) is 5.75 Å². The molecule has 1 aromatic rings. The zero-order chi connectivity index (χ0) is 7.40. The summed E-state index contributed by atoms with van der Waals surface area (Å²) in [5, 5.41) is 0. The van der Waals surface area contributed by atoms with Crippen LogP contribution in [0.5, 0.6) is 5.75 Å². The van der Waals surface area contributed by atoms with Crippen LogP contribution in [0.25, 0.3) is 0 Å². The third-order valence-corrected chi connectivity index (χ3v) is 4.23. The second kappa shape index (κ2) is 4.24. The zero-order valence-electron chi connectivity index (χ0n) is 5.83. The van der Waals surface area contributed by atoms with Crippen molar-refractivity contribution >= 4 is 35.9 Å². The van der Waals surface area contributed by atoms with E-state index in [0.29, 0.717) is 11.9 Å². The van der Waals surface area contributed by atoms with Gasteiger partial charge in [-0.25, -0.2) is 0 Å². The van der Waals surface area contributed by atoms with Crippen molar-refractivity contribution in [1.82, 2.24) is 0 Å². The van der Waals surface area contributed by atoms with Gasteiger partial charge in [0.1, 0.15) is 0 Å². The van der Waals surface area contributed by atoms with E-state index in [2.05, 4.69) is 12.1 Å². The summed E-state index contributed by atoms with van der Waals surface area (Å²) in [6.07, 6.45) is 0. The van der Waals surface area contributed by atoms with Crippen LogP contribution in [0.2, 0.25) is 0 Å². The Morgan fingerprint density at radius 3 is 2.30 bits per heavy atom. The number of methoxy groups -OCH3 is 1. The van der Waals surface area contributed by atoms with Gasteiger partial charge in [0.15, 0.2) is 0 Å². The van der Waals surface area contributed by atoms with Crippen molar-refractivity contribution in [2.75, 3.05) is 7.11 Å². The molecule has 3 heteroatoms. The van der Waals surface area contributed by atoms with Gasteiger partial charge >= 0.3 is 77.7 Å². The monoisotopic (exact) mass is 211 g/mol. The zero-order valence-corrected chi connectivity index (χ0v) is 8.96. The van der Waals surface area contributed by atoms with Gasteiger partial charge in [-0.15, -0.1) is 0 Å². The van der Waals surface area contributed by atoms with Gasteiger partial charge in [-0.1, -0.05) is 0 Å². The number of hydrogen-bond acceptors (Lipinski definition) is 1. The number of hydrogen-bond donors (Lipinski definition) is 0. The molecule has 0 aliphatic rings. The van der Waals surface area contributed by atoms with E-state index in [1.54, 1.807) is 7.11 Å². The Balaban J connectivity index is 2.80. The van der Waals surface area contributed by atoms with Gasteiger partial charge in [0.05, 0.1) is 0 Å². The molecule has 0 spiro atoms. The second-order valence-corrected chi connectivity index (χ2v) is 4.91. The first-order valence-corrected chi connectivity index (χ1v) is 7.99. The van der Waals surface area contributed by atoms with Crippen LogP contribution in [0.1, 0.15) is 0 Å². The molecule has 10 heavy (non-hydrogen) atoms. The van der Waals surface area contributed by atoms with Crippen LogP contribution in [-0.4, -0.2) is 38.5 Å². The molecule has 0 saturated carbocycles. The second-order valence-electron chi connectivity index (χ2n) is 1.82. The Hall–Kier alpha value is 0.306. The molecule has 1 rings (SSSR count). The van der Waals surface area contributed by atoms with E-state index in [0.717, 1.165) is 5.75 Å². The van der Waals surface area contributed by atoms with E-state index >= 15 is 0 Å². The van der Waals surface area contributed by atoms with Crippen LogP contribution in [0, 0.1) is 0 Å². The molecular weight excluding hydrogens is 203 g/mol. The quantitative estimate of drug-likeness (QED) is 0.630. The van der Waals surface area contributed by atoms with Crippen molar-refractivity contribution < 1.29 is 4.74 Å². The molecule has 48 valence electrons. The van der Waals surface area contributed by atoms with Crippen LogP contribution in [0.4, 0.5) is 0 Å². The SMILES string of the molecule is COc1ccc([Se][Mg+])cc1. The molecule has 1 nitrogen and oxygen atoms in total. The minimum atomic E-state index is 0.631. The van der Waals surface area contributed by atoms with Crippen molar-refractivity contribution in [2.45, 2.75) is 0 Å². The van der Waals surface area contributed by atoms with E-state index in [1.807, 2.05) is 31.6 Å². The van der Waals surface area contributed by atoms with Crippen molar-refractivity contribution in [1.29, 1.82) is 0 Å². The molecule has 0 aromatic heterocycles. The molecule has 0 saturated heterocycles. The van der Waals surface area contributed by atoms with E-state index in [1.165, 1.54) is 4.46 Å². The third-order valence-electron chi connectivity index (χ3n) is 1.23. The van der Waals surface area contributed by atoms with Crippen molar-refractivity contribution in [3.05, 3.63) is 24.3 Å². The van der Waals surface area contributed by atoms with Gasteiger partial charge in [0.2, 0.25) is 0 Å². The number of benzene rings is 1. The van der Waals surface area contributed by atoms with E-state index < -0.39 is 0 Å². The molecule has 1 aromatic carbocycles. The predicted octanol–water partition coefficient (Wildman–Crippen LogP) is 0.108. The fraction of sp³-hybridized carbons (Fsp3) is 0.143. The van der Waals surface area contributed by atoms with Crippen molar-refractivity contribution in [2.24, 2.45) is 0 Å². The first-order valence-electron chi connectivity index (χ1n) is 2.93. The maximum atomic E-state index is 5.02. The first kappa shape index (κ1) is 8.40. The van der Waals surface area contributed by atoms with E-state index in [4.69, 9.17) is 4.74 Å². The van der Waals surface area contributed by atoms with Crippen LogP contribution in [-0.2, 0) is 0 Å². The van der Waals surface area contributed by atoms with Crippen LogP contribution in [0.3, 0.4) is 0 Å².